The quantitative estimate of drug-likeness (QED) is 0.723. The van der Waals surface area contributed by atoms with Crippen molar-refractivity contribution in [3.63, 3.8) is 0 Å². The highest BCUT2D eigenvalue weighted by atomic mass is 15.2. The van der Waals surface area contributed by atoms with Crippen molar-refractivity contribution in [2.75, 3.05) is 26.2 Å². The minimum absolute atomic E-state index is 0.508. The molecule has 2 aliphatic rings. The molecule has 1 aliphatic heterocycles. The Morgan fingerprint density at radius 3 is 2.32 bits per heavy atom. The lowest BCUT2D eigenvalue weighted by molar-refractivity contribution is 0.148. The van der Waals surface area contributed by atoms with E-state index < -0.39 is 0 Å². The first-order valence-electron chi connectivity index (χ1n) is 8.54. The molecule has 0 bridgehead atoms. The summed E-state index contributed by atoms with van der Waals surface area (Å²) >= 11 is 0. The summed E-state index contributed by atoms with van der Waals surface area (Å²) in [5.74, 6) is 1.79. The molecule has 1 heterocycles. The SMILES string of the molecule is CCC(CC)(CNC1CC1)CN1CCC(C(C)C)C1. The van der Waals surface area contributed by atoms with E-state index in [1.807, 2.05) is 0 Å². The lowest BCUT2D eigenvalue weighted by Gasteiger charge is -2.36. The van der Waals surface area contributed by atoms with Crippen molar-refractivity contribution in [2.45, 2.75) is 65.8 Å². The van der Waals surface area contributed by atoms with Crippen molar-refractivity contribution in [1.82, 2.24) is 10.2 Å². The van der Waals surface area contributed by atoms with Crippen molar-refractivity contribution >= 4 is 0 Å². The third-order valence-corrected chi connectivity index (χ3v) is 5.65. The Hall–Kier alpha value is -0.0800. The second-order valence-electron chi connectivity index (χ2n) is 7.39. The Morgan fingerprint density at radius 1 is 1.16 bits per heavy atom. The fourth-order valence-electron chi connectivity index (χ4n) is 3.45. The predicted octanol–water partition coefficient (Wildman–Crippen LogP) is 3.52. The van der Waals surface area contributed by atoms with Gasteiger partial charge in [0.05, 0.1) is 0 Å². The van der Waals surface area contributed by atoms with E-state index in [1.54, 1.807) is 0 Å². The topological polar surface area (TPSA) is 15.3 Å². The van der Waals surface area contributed by atoms with E-state index in [4.69, 9.17) is 0 Å². The molecule has 0 aromatic carbocycles. The van der Waals surface area contributed by atoms with Gasteiger partial charge in [-0.05, 0) is 55.9 Å². The molecule has 1 unspecified atom stereocenters. The highest BCUT2D eigenvalue weighted by Gasteiger charge is 2.34. The van der Waals surface area contributed by atoms with Crippen LogP contribution < -0.4 is 5.32 Å². The molecule has 2 fully saturated rings. The number of nitrogens with zero attached hydrogens (tertiary/aromatic N) is 1. The van der Waals surface area contributed by atoms with Crippen molar-refractivity contribution in [3.8, 4) is 0 Å². The third-order valence-electron chi connectivity index (χ3n) is 5.65. The number of hydrogen-bond acceptors (Lipinski definition) is 2. The van der Waals surface area contributed by atoms with Crippen LogP contribution in [0.4, 0.5) is 0 Å². The van der Waals surface area contributed by atoms with Crippen molar-refractivity contribution in [2.24, 2.45) is 17.3 Å². The van der Waals surface area contributed by atoms with Crippen molar-refractivity contribution in [1.29, 1.82) is 0 Å². The molecule has 0 spiro atoms. The van der Waals surface area contributed by atoms with Gasteiger partial charge in [0.25, 0.3) is 0 Å². The van der Waals surface area contributed by atoms with E-state index in [0.717, 1.165) is 17.9 Å². The number of hydrogen-bond donors (Lipinski definition) is 1. The summed E-state index contributed by atoms with van der Waals surface area (Å²) in [6.07, 6.45) is 6.85. The third kappa shape index (κ3) is 4.19. The molecule has 19 heavy (non-hydrogen) atoms. The normalized spacial score (nSPS) is 25.4. The van der Waals surface area contributed by atoms with Crippen molar-refractivity contribution < 1.29 is 0 Å². The fourth-order valence-corrected chi connectivity index (χ4v) is 3.45. The molecule has 2 heteroatoms. The minimum Gasteiger partial charge on any atom is -0.313 e. The van der Waals surface area contributed by atoms with Gasteiger partial charge in [-0.25, -0.2) is 0 Å². The van der Waals surface area contributed by atoms with Crippen molar-refractivity contribution in [3.05, 3.63) is 0 Å². The average Bonchev–Trinajstić information content (AvgIpc) is 3.12. The number of nitrogens with one attached hydrogen (secondary N) is 1. The first kappa shape index (κ1) is 15.3. The number of rotatable bonds is 8. The molecule has 1 saturated heterocycles. The van der Waals surface area contributed by atoms with Crippen LogP contribution in [0.2, 0.25) is 0 Å². The number of likely N-dealkylation sites (tertiary alicyclic amines) is 1. The van der Waals surface area contributed by atoms with Crippen LogP contribution in [0, 0.1) is 17.3 Å². The van der Waals surface area contributed by atoms with Gasteiger partial charge in [0, 0.05) is 25.7 Å². The van der Waals surface area contributed by atoms with E-state index >= 15 is 0 Å². The molecular weight excluding hydrogens is 232 g/mol. The highest BCUT2D eigenvalue weighted by Crippen LogP contribution is 2.32. The summed E-state index contributed by atoms with van der Waals surface area (Å²) in [7, 11) is 0. The van der Waals surface area contributed by atoms with Crippen LogP contribution in [0.25, 0.3) is 0 Å². The summed E-state index contributed by atoms with van der Waals surface area (Å²) in [6, 6.07) is 0.847. The zero-order valence-corrected chi connectivity index (χ0v) is 13.5. The largest absolute Gasteiger partial charge is 0.313 e. The maximum absolute atomic E-state index is 3.78. The van der Waals surface area contributed by atoms with Gasteiger partial charge in [-0.3, -0.25) is 0 Å². The minimum atomic E-state index is 0.508. The maximum Gasteiger partial charge on any atom is 0.00684 e. The van der Waals surface area contributed by atoms with Crippen LogP contribution in [0.5, 0.6) is 0 Å². The Balaban J connectivity index is 1.84. The standard InChI is InChI=1S/C17H34N2/c1-5-17(6-2,12-18-16-7-8-16)13-19-10-9-15(11-19)14(3)4/h14-16,18H,5-13H2,1-4H3. The van der Waals surface area contributed by atoms with E-state index in [2.05, 4.69) is 37.9 Å². The molecule has 112 valence electrons. The smallest absolute Gasteiger partial charge is 0.00684 e. The summed E-state index contributed by atoms with van der Waals surface area (Å²) < 4.78 is 0. The zero-order valence-electron chi connectivity index (χ0n) is 13.5. The molecule has 2 rings (SSSR count). The molecule has 1 N–H and O–H groups in total. The first-order chi connectivity index (χ1) is 9.08. The van der Waals surface area contributed by atoms with Gasteiger partial charge in [-0.1, -0.05) is 27.7 Å². The molecule has 1 saturated carbocycles. The molecule has 2 nitrogen and oxygen atoms in total. The van der Waals surface area contributed by atoms with E-state index in [0.29, 0.717) is 5.41 Å². The second kappa shape index (κ2) is 6.58. The van der Waals surface area contributed by atoms with Crippen LogP contribution in [-0.2, 0) is 0 Å². The Morgan fingerprint density at radius 2 is 1.84 bits per heavy atom. The van der Waals surface area contributed by atoms with E-state index in [1.165, 1.54) is 58.3 Å². The average molecular weight is 266 g/mol. The second-order valence-corrected chi connectivity index (χ2v) is 7.39. The summed E-state index contributed by atoms with van der Waals surface area (Å²) in [6.45, 7) is 14.7. The summed E-state index contributed by atoms with van der Waals surface area (Å²) in [5, 5.41) is 3.78. The molecular formula is C17H34N2. The Bertz CT molecular complexity index is 266. The van der Waals surface area contributed by atoms with Crippen LogP contribution in [0.1, 0.15) is 59.8 Å². The maximum atomic E-state index is 3.78. The van der Waals surface area contributed by atoms with Crippen LogP contribution in [0.3, 0.4) is 0 Å². The Labute approximate surface area is 120 Å². The van der Waals surface area contributed by atoms with Gasteiger partial charge in [-0.2, -0.15) is 0 Å². The molecule has 1 aliphatic carbocycles. The highest BCUT2D eigenvalue weighted by molar-refractivity contribution is 4.90. The van der Waals surface area contributed by atoms with Gasteiger partial charge in [-0.15, -0.1) is 0 Å². The molecule has 0 radical (unpaired) electrons. The van der Waals surface area contributed by atoms with Gasteiger partial charge in [0.2, 0.25) is 0 Å². The van der Waals surface area contributed by atoms with Gasteiger partial charge in [0.15, 0.2) is 0 Å². The fraction of sp³-hybridized carbons (Fsp3) is 1.00. The zero-order chi connectivity index (χ0) is 13.9. The predicted molar refractivity (Wildman–Crippen MR) is 83.4 cm³/mol. The lowest BCUT2D eigenvalue weighted by Crippen LogP contribution is -2.43. The monoisotopic (exact) mass is 266 g/mol. The van der Waals surface area contributed by atoms with Gasteiger partial charge >= 0.3 is 0 Å². The summed E-state index contributed by atoms with van der Waals surface area (Å²) in [4.78, 5) is 2.74. The van der Waals surface area contributed by atoms with Crippen LogP contribution in [-0.4, -0.2) is 37.1 Å². The van der Waals surface area contributed by atoms with E-state index in [-0.39, 0.29) is 0 Å². The molecule has 0 aromatic heterocycles. The summed E-state index contributed by atoms with van der Waals surface area (Å²) in [5.41, 5.74) is 0.508. The van der Waals surface area contributed by atoms with Gasteiger partial charge < -0.3 is 10.2 Å². The lowest BCUT2D eigenvalue weighted by atomic mass is 9.81. The van der Waals surface area contributed by atoms with Crippen LogP contribution in [0.15, 0.2) is 0 Å². The Kier molecular flexibility index (Phi) is 5.30. The van der Waals surface area contributed by atoms with Crippen LogP contribution >= 0.6 is 0 Å². The first-order valence-corrected chi connectivity index (χ1v) is 8.54. The molecule has 0 aromatic rings. The molecule has 1 atom stereocenters. The van der Waals surface area contributed by atoms with E-state index in [9.17, 15) is 0 Å². The molecule has 0 amide bonds. The van der Waals surface area contributed by atoms with Gasteiger partial charge in [0.1, 0.15) is 0 Å².